The maximum absolute atomic E-state index is 12.2. The van der Waals surface area contributed by atoms with Gasteiger partial charge in [0.25, 0.3) is 0 Å². The quantitative estimate of drug-likeness (QED) is 0.763. The van der Waals surface area contributed by atoms with Crippen LogP contribution in [0.15, 0.2) is 24.3 Å². The van der Waals surface area contributed by atoms with Crippen molar-refractivity contribution < 1.29 is 9.53 Å². The van der Waals surface area contributed by atoms with Gasteiger partial charge in [-0.05, 0) is 18.9 Å². The lowest BCUT2D eigenvalue weighted by Crippen LogP contribution is -2.43. The number of hydrogen-bond acceptors (Lipinski definition) is 3. The van der Waals surface area contributed by atoms with E-state index < -0.39 is 0 Å². The molecule has 0 amide bonds. The summed E-state index contributed by atoms with van der Waals surface area (Å²) in [7, 11) is 0. The molecule has 1 heterocycles. The molecule has 1 atom stereocenters. The zero-order chi connectivity index (χ0) is 13.7. The number of Topliss-reactive ketones (excluding diaryl/α,β-unsaturated/α-hetero) is 1. The molecule has 0 radical (unpaired) electrons. The van der Waals surface area contributed by atoms with Crippen LogP contribution >= 0.6 is 0 Å². The minimum atomic E-state index is 0.206. The maximum Gasteiger partial charge on any atom is 0.176 e. The van der Waals surface area contributed by atoms with Crippen LogP contribution in [-0.4, -0.2) is 43.0 Å². The fourth-order valence-corrected chi connectivity index (χ4v) is 2.47. The highest BCUT2D eigenvalue weighted by molar-refractivity contribution is 5.97. The lowest BCUT2D eigenvalue weighted by atomic mass is 10.0. The molecule has 1 fully saturated rings. The molecule has 1 aromatic rings. The number of hydrogen-bond donors (Lipinski definition) is 0. The second-order valence-corrected chi connectivity index (χ2v) is 5.29. The summed E-state index contributed by atoms with van der Waals surface area (Å²) in [4.78, 5) is 14.4. The van der Waals surface area contributed by atoms with Gasteiger partial charge in [0, 0.05) is 18.7 Å². The smallest absolute Gasteiger partial charge is 0.176 e. The van der Waals surface area contributed by atoms with Gasteiger partial charge in [0.2, 0.25) is 0 Å². The van der Waals surface area contributed by atoms with Crippen LogP contribution in [0.2, 0.25) is 0 Å². The maximum atomic E-state index is 12.2. The highest BCUT2D eigenvalue weighted by atomic mass is 16.5. The molecule has 0 N–H and O–H groups in total. The van der Waals surface area contributed by atoms with Gasteiger partial charge in [-0.2, -0.15) is 0 Å². The van der Waals surface area contributed by atoms with E-state index >= 15 is 0 Å². The highest BCUT2D eigenvalue weighted by Crippen LogP contribution is 2.10. The van der Waals surface area contributed by atoms with Gasteiger partial charge in [0.05, 0.1) is 19.3 Å². The summed E-state index contributed by atoms with van der Waals surface area (Å²) in [5.41, 5.74) is 2.12. The Kier molecular flexibility index (Phi) is 5.11. The molecule has 0 aliphatic carbocycles. The monoisotopic (exact) mass is 261 g/mol. The summed E-state index contributed by atoms with van der Waals surface area (Å²) in [6, 6.07) is 8.05. The lowest BCUT2D eigenvalue weighted by Gasteiger charge is -2.30. The molecular formula is C16H23NO2. The van der Waals surface area contributed by atoms with Crippen LogP contribution in [0.5, 0.6) is 0 Å². The molecule has 0 saturated carbocycles. The third kappa shape index (κ3) is 4.15. The molecule has 19 heavy (non-hydrogen) atoms. The van der Waals surface area contributed by atoms with Crippen molar-refractivity contribution in [2.24, 2.45) is 0 Å². The van der Waals surface area contributed by atoms with Crippen LogP contribution in [0.3, 0.4) is 0 Å². The second-order valence-electron chi connectivity index (χ2n) is 5.29. The molecule has 1 aliphatic rings. The van der Waals surface area contributed by atoms with Gasteiger partial charge >= 0.3 is 0 Å². The van der Waals surface area contributed by atoms with Crippen LogP contribution < -0.4 is 0 Å². The molecule has 1 aromatic carbocycles. The third-order valence-electron chi connectivity index (χ3n) is 3.51. The Morgan fingerprint density at radius 1 is 1.37 bits per heavy atom. The number of benzene rings is 1. The van der Waals surface area contributed by atoms with Crippen LogP contribution in [0.1, 0.15) is 36.2 Å². The van der Waals surface area contributed by atoms with E-state index in [9.17, 15) is 4.79 Å². The first-order valence-electron chi connectivity index (χ1n) is 7.15. The molecule has 3 nitrogen and oxygen atoms in total. The van der Waals surface area contributed by atoms with Crippen molar-refractivity contribution in [3.05, 3.63) is 35.4 Å². The Labute approximate surface area is 115 Å². The number of nitrogens with zero attached hydrogens (tertiary/aromatic N) is 1. The Bertz CT molecular complexity index is 413. The Morgan fingerprint density at radius 3 is 2.74 bits per heavy atom. The average molecular weight is 261 g/mol. The second kappa shape index (κ2) is 6.83. The van der Waals surface area contributed by atoms with E-state index in [1.54, 1.807) is 0 Å². The fourth-order valence-electron chi connectivity index (χ4n) is 2.47. The lowest BCUT2D eigenvalue weighted by molar-refractivity contribution is -0.0158. The Morgan fingerprint density at radius 2 is 2.11 bits per heavy atom. The first-order chi connectivity index (χ1) is 9.19. The number of morpholine rings is 1. The summed E-state index contributed by atoms with van der Waals surface area (Å²) in [6.07, 6.45) is 2.45. The van der Waals surface area contributed by atoms with E-state index in [4.69, 9.17) is 4.74 Å². The summed E-state index contributed by atoms with van der Waals surface area (Å²) in [5.74, 6) is 0.206. The predicted octanol–water partition coefficient (Wildman–Crippen LogP) is 2.54. The van der Waals surface area contributed by atoms with Gasteiger partial charge in [-0.15, -0.1) is 0 Å². The van der Waals surface area contributed by atoms with E-state index in [0.29, 0.717) is 6.54 Å². The van der Waals surface area contributed by atoms with E-state index in [2.05, 4.69) is 30.9 Å². The van der Waals surface area contributed by atoms with Gasteiger partial charge in [0.15, 0.2) is 5.78 Å². The van der Waals surface area contributed by atoms with Gasteiger partial charge in [0.1, 0.15) is 0 Å². The van der Waals surface area contributed by atoms with Crippen molar-refractivity contribution in [1.82, 2.24) is 4.90 Å². The fraction of sp³-hybridized carbons (Fsp3) is 0.562. The third-order valence-corrected chi connectivity index (χ3v) is 3.51. The highest BCUT2D eigenvalue weighted by Gasteiger charge is 2.19. The first-order valence-corrected chi connectivity index (χ1v) is 7.15. The summed E-state index contributed by atoms with van der Waals surface area (Å²) in [5, 5.41) is 0. The molecule has 3 heteroatoms. The number of ketones is 1. The van der Waals surface area contributed by atoms with Crippen LogP contribution in [0.25, 0.3) is 0 Å². The summed E-state index contributed by atoms with van der Waals surface area (Å²) in [6.45, 7) is 7.14. The molecule has 2 rings (SSSR count). The average Bonchev–Trinajstić information content (AvgIpc) is 2.40. The van der Waals surface area contributed by atoms with Crippen molar-refractivity contribution in [2.45, 2.75) is 32.8 Å². The standard InChI is InChI=1S/C16H23NO2/c1-3-4-14-5-7-15(8-6-14)16(18)12-17-9-10-19-13(2)11-17/h5-8,13H,3-4,9-12H2,1-2H3. The Balaban J connectivity index is 1.91. The minimum absolute atomic E-state index is 0.206. The Hall–Kier alpha value is -1.19. The summed E-state index contributed by atoms with van der Waals surface area (Å²) >= 11 is 0. The molecule has 0 aromatic heterocycles. The van der Waals surface area contributed by atoms with Gasteiger partial charge in [-0.3, -0.25) is 9.69 Å². The van der Waals surface area contributed by atoms with Gasteiger partial charge < -0.3 is 4.74 Å². The minimum Gasteiger partial charge on any atom is -0.376 e. The van der Waals surface area contributed by atoms with Crippen molar-refractivity contribution >= 4 is 5.78 Å². The SMILES string of the molecule is CCCc1ccc(C(=O)CN2CCOC(C)C2)cc1. The van der Waals surface area contributed by atoms with Crippen LogP contribution in [-0.2, 0) is 11.2 Å². The van der Waals surface area contributed by atoms with E-state index in [1.807, 2.05) is 12.1 Å². The molecule has 104 valence electrons. The van der Waals surface area contributed by atoms with E-state index in [1.165, 1.54) is 5.56 Å². The van der Waals surface area contributed by atoms with E-state index in [0.717, 1.165) is 38.1 Å². The van der Waals surface area contributed by atoms with Crippen molar-refractivity contribution in [2.75, 3.05) is 26.2 Å². The number of aryl methyl sites for hydroxylation is 1. The molecular weight excluding hydrogens is 238 g/mol. The summed E-state index contributed by atoms with van der Waals surface area (Å²) < 4.78 is 5.48. The van der Waals surface area contributed by atoms with Crippen molar-refractivity contribution in [1.29, 1.82) is 0 Å². The van der Waals surface area contributed by atoms with Crippen molar-refractivity contribution in [3.63, 3.8) is 0 Å². The molecule has 0 spiro atoms. The largest absolute Gasteiger partial charge is 0.376 e. The molecule has 1 saturated heterocycles. The van der Waals surface area contributed by atoms with Crippen molar-refractivity contribution in [3.8, 4) is 0 Å². The first kappa shape index (κ1) is 14.2. The zero-order valence-electron chi connectivity index (χ0n) is 11.9. The van der Waals surface area contributed by atoms with Gasteiger partial charge in [-0.25, -0.2) is 0 Å². The van der Waals surface area contributed by atoms with Crippen LogP contribution in [0, 0.1) is 0 Å². The molecule has 1 unspecified atom stereocenters. The zero-order valence-corrected chi connectivity index (χ0v) is 11.9. The predicted molar refractivity (Wildman–Crippen MR) is 76.6 cm³/mol. The number of carbonyl (C=O) groups is 1. The van der Waals surface area contributed by atoms with Gasteiger partial charge in [-0.1, -0.05) is 37.6 Å². The van der Waals surface area contributed by atoms with Crippen LogP contribution in [0.4, 0.5) is 0 Å². The number of ether oxygens (including phenoxy) is 1. The number of rotatable bonds is 5. The van der Waals surface area contributed by atoms with E-state index in [-0.39, 0.29) is 11.9 Å². The molecule has 1 aliphatic heterocycles. The number of carbonyl (C=O) groups excluding carboxylic acids is 1. The normalized spacial score (nSPS) is 20.4. The topological polar surface area (TPSA) is 29.5 Å². The molecule has 0 bridgehead atoms.